The Morgan fingerprint density at radius 3 is 2.37 bits per heavy atom. The summed E-state index contributed by atoms with van der Waals surface area (Å²) in [5.41, 5.74) is 2.18. The number of sulfone groups is 1. The first-order valence-corrected chi connectivity index (χ1v) is 11.9. The largest absolute Gasteiger partial charge is 0.468 e. The first-order chi connectivity index (χ1) is 14.1. The number of aromatic nitrogens is 1. The highest BCUT2D eigenvalue weighted by Gasteiger charge is 2.14. The number of ether oxygens (including phenoxy) is 1. The maximum atomic E-state index is 12.7. The zero-order chi connectivity index (χ0) is 22.1. The molecule has 0 spiro atoms. The summed E-state index contributed by atoms with van der Waals surface area (Å²) in [5.74, 6) is -0.640. The van der Waals surface area contributed by atoms with E-state index in [1.165, 1.54) is 42.7 Å². The molecule has 2 aromatic carbocycles. The van der Waals surface area contributed by atoms with Crippen molar-refractivity contribution in [2.75, 3.05) is 13.4 Å². The van der Waals surface area contributed by atoms with Crippen LogP contribution in [0.4, 0.5) is 0 Å². The van der Waals surface area contributed by atoms with Crippen LogP contribution in [-0.4, -0.2) is 38.2 Å². The van der Waals surface area contributed by atoms with Gasteiger partial charge in [-0.3, -0.25) is 9.59 Å². The quantitative estimate of drug-likeness (QED) is 0.561. The van der Waals surface area contributed by atoms with Crippen molar-refractivity contribution < 1.29 is 22.7 Å². The molecule has 1 heterocycles. The summed E-state index contributed by atoms with van der Waals surface area (Å²) < 4.78 is 30.5. The molecule has 0 radical (unpaired) electrons. The number of carbonyl (C=O) groups is 2. The van der Waals surface area contributed by atoms with Crippen LogP contribution >= 0.6 is 11.3 Å². The van der Waals surface area contributed by atoms with E-state index in [1.54, 1.807) is 4.57 Å². The first-order valence-electron chi connectivity index (χ1n) is 9.19. The van der Waals surface area contributed by atoms with Crippen LogP contribution in [-0.2, 0) is 25.9 Å². The first kappa shape index (κ1) is 21.9. The Bertz CT molecular complexity index is 1280. The third-order valence-electron chi connectivity index (χ3n) is 4.61. The van der Waals surface area contributed by atoms with E-state index in [0.717, 1.165) is 22.0 Å². The summed E-state index contributed by atoms with van der Waals surface area (Å²) >= 11 is 1.31. The third kappa shape index (κ3) is 4.68. The molecule has 0 saturated carbocycles. The van der Waals surface area contributed by atoms with Crippen molar-refractivity contribution in [3.8, 4) is 0 Å². The van der Waals surface area contributed by atoms with E-state index in [2.05, 4.69) is 18.8 Å². The van der Waals surface area contributed by atoms with Gasteiger partial charge in [-0.25, -0.2) is 8.42 Å². The molecule has 30 heavy (non-hydrogen) atoms. The average Bonchev–Trinajstić information content (AvgIpc) is 3.03. The summed E-state index contributed by atoms with van der Waals surface area (Å²) in [4.78, 5) is 29.3. The summed E-state index contributed by atoms with van der Waals surface area (Å²) in [6.07, 6.45) is 1.10. The van der Waals surface area contributed by atoms with Crippen molar-refractivity contribution in [1.29, 1.82) is 0 Å². The van der Waals surface area contributed by atoms with Crippen molar-refractivity contribution >= 4 is 43.3 Å². The second kappa shape index (κ2) is 8.53. The van der Waals surface area contributed by atoms with Crippen molar-refractivity contribution in [2.24, 2.45) is 4.99 Å². The smallest absolute Gasteiger partial charge is 0.325 e. The zero-order valence-corrected chi connectivity index (χ0v) is 18.7. The van der Waals surface area contributed by atoms with Crippen LogP contribution in [0.1, 0.15) is 35.7 Å². The summed E-state index contributed by atoms with van der Waals surface area (Å²) in [5, 5.41) is 0. The van der Waals surface area contributed by atoms with Crippen LogP contribution < -0.4 is 4.80 Å². The van der Waals surface area contributed by atoms with E-state index in [9.17, 15) is 18.0 Å². The Morgan fingerprint density at radius 2 is 1.80 bits per heavy atom. The van der Waals surface area contributed by atoms with E-state index in [4.69, 9.17) is 4.74 Å². The molecule has 0 aliphatic carbocycles. The van der Waals surface area contributed by atoms with Gasteiger partial charge in [0, 0.05) is 11.8 Å². The van der Waals surface area contributed by atoms with E-state index in [-0.39, 0.29) is 17.0 Å². The summed E-state index contributed by atoms with van der Waals surface area (Å²) in [6, 6.07) is 11.5. The predicted octanol–water partition coefficient (Wildman–Crippen LogP) is 3.14. The molecule has 0 N–H and O–H groups in total. The molecule has 0 atom stereocenters. The van der Waals surface area contributed by atoms with E-state index in [1.807, 2.05) is 18.2 Å². The van der Waals surface area contributed by atoms with E-state index >= 15 is 0 Å². The van der Waals surface area contributed by atoms with Gasteiger partial charge in [0.25, 0.3) is 5.91 Å². The van der Waals surface area contributed by atoms with Gasteiger partial charge >= 0.3 is 5.97 Å². The maximum Gasteiger partial charge on any atom is 0.325 e. The Morgan fingerprint density at radius 1 is 1.13 bits per heavy atom. The fraction of sp³-hybridized carbons (Fsp3) is 0.286. The Balaban J connectivity index is 2.10. The number of hydrogen-bond acceptors (Lipinski definition) is 6. The van der Waals surface area contributed by atoms with Crippen molar-refractivity contribution in [1.82, 2.24) is 4.57 Å². The molecule has 158 valence electrons. The van der Waals surface area contributed by atoms with Gasteiger partial charge in [0.05, 0.1) is 22.2 Å². The lowest BCUT2D eigenvalue weighted by Crippen LogP contribution is -2.22. The van der Waals surface area contributed by atoms with Gasteiger partial charge in [-0.15, -0.1) is 0 Å². The fourth-order valence-electron chi connectivity index (χ4n) is 2.88. The lowest BCUT2D eigenvalue weighted by molar-refractivity contribution is -0.141. The van der Waals surface area contributed by atoms with Crippen molar-refractivity contribution in [3.63, 3.8) is 0 Å². The topological polar surface area (TPSA) is 94.8 Å². The molecule has 1 amide bonds. The number of hydrogen-bond donors (Lipinski definition) is 0. The minimum Gasteiger partial charge on any atom is -0.468 e. The van der Waals surface area contributed by atoms with E-state index in [0.29, 0.717) is 10.7 Å². The van der Waals surface area contributed by atoms with Gasteiger partial charge in [-0.05, 0) is 47.9 Å². The average molecular weight is 447 g/mol. The van der Waals surface area contributed by atoms with Gasteiger partial charge in [0.2, 0.25) is 0 Å². The monoisotopic (exact) mass is 446 g/mol. The Kier molecular flexibility index (Phi) is 6.23. The normalized spacial score (nSPS) is 12.5. The molecule has 0 aliphatic heterocycles. The number of benzene rings is 2. The summed E-state index contributed by atoms with van der Waals surface area (Å²) in [6.45, 7) is 4.11. The Labute approximate surface area is 178 Å². The van der Waals surface area contributed by atoms with Crippen LogP contribution in [0, 0.1) is 0 Å². The van der Waals surface area contributed by atoms with Gasteiger partial charge in [0.1, 0.15) is 6.54 Å². The fourth-order valence-corrected chi connectivity index (χ4v) is 4.58. The van der Waals surface area contributed by atoms with Gasteiger partial charge in [-0.1, -0.05) is 31.3 Å². The van der Waals surface area contributed by atoms with Crippen LogP contribution in [0.3, 0.4) is 0 Å². The SMILES string of the molecule is COC(=O)Cn1c(=NC(=O)c2ccc(S(C)(=O)=O)cc2)sc2cc(C(C)C)ccc21. The van der Waals surface area contributed by atoms with Crippen LogP contribution in [0.25, 0.3) is 10.2 Å². The number of rotatable bonds is 5. The minimum atomic E-state index is -3.35. The molecule has 3 rings (SSSR count). The standard InChI is InChI=1S/C21H22N2O5S2/c1-13(2)15-7-10-17-18(11-15)29-21(23(17)12-19(24)28-3)22-20(25)14-5-8-16(9-6-14)30(4,26)27/h5-11,13H,12H2,1-4H3. The highest BCUT2D eigenvalue weighted by Crippen LogP contribution is 2.24. The lowest BCUT2D eigenvalue weighted by atomic mass is 10.0. The third-order valence-corrected chi connectivity index (χ3v) is 6.78. The highest BCUT2D eigenvalue weighted by atomic mass is 32.2. The molecule has 0 bridgehead atoms. The number of methoxy groups -OCH3 is 1. The predicted molar refractivity (Wildman–Crippen MR) is 115 cm³/mol. The lowest BCUT2D eigenvalue weighted by Gasteiger charge is -2.06. The highest BCUT2D eigenvalue weighted by molar-refractivity contribution is 7.90. The van der Waals surface area contributed by atoms with Gasteiger partial charge < -0.3 is 9.30 Å². The molecule has 0 saturated heterocycles. The second-order valence-corrected chi connectivity index (χ2v) is 10.2. The molecule has 9 heteroatoms. The van der Waals surface area contributed by atoms with Crippen molar-refractivity contribution in [2.45, 2.75) is 31.2 Å². The molecule has 7 nitrogen and oxygen atoms in total. The number of esters is 1. The Hall–Kier alpha value is -2.78. The molecule has 0 aliphatic rings. The molecular weight excluding hydrogens is 424 g/mol. The van der Waals surface area contributed by atoms with Gasteiger partial charge in [-0.2, -0.15) is 4.99 Å². The maximum absolute atomic E-state index is 12.7. The van der Waals surface area contributed by atoms with Crippen molar-refractivity contribution in [3.05, 3.63) is 58.4 Å². The van der Waals surface area contributed by atoms with Gasteiger partial charge in [0.15, 0.2) is 14.6 Å². The molecule has 3 aromatic rings. The van der Waals surface area contributed by atoms with Crippen LogP contribution in [0.2, 0.25) is 0 Å². The molecular formula is C21H22N2O5S2. The second-order valence-electron chi connectivity index (χ2n) is 7.14. The number of nitrogens with zero attached hydrogens (tertiary/aromatic N) is 2. The summed E-state index contributed by atoms with van der Waals surface area (Å²) in [7, 11) is -2.05. The van der Waals surface area contributed by atoms with Crippen LogP contribution in [0.5, 0.6) is 0 Å². The molecule has 0 fully saturated rings. The number of carbonyl (C=O) groups excluding carboxylic acids is 2. The van der Waals surface area contributed by atoms with Crippen LogP contribution in [0.15, 0.2) is 52.4 Å². The minimum absolute atomic E-state index is 0.0728. The molecule has 0 unspecified atom stereocenters. The molecule has 1 aromatic heterocycles. The van der Waals surface area contributed by atoms with E-state index < -0.39 is 21.7 Å². The number of amides is 1. The zero-order valence-electron chi connectivity index (χ0n) is 17.1. The number of fused-ring (bicyclic) bond motifs is 1. The number of thiazole rings is 1.